The van der Waals surface area contributed by atoms with Gasteiger partial charge in [-0.15, -0.1) is 0 Å². The Morgan fingerprint density at radius 3 is 1.49 bits per heavy atom. The number of hydrogen-bond donors (Lipinski definition) is 0. The van der Waals surface area contributed by atoms with Crippen LogP contribution in [0.15, 0.2) is 47.4 Å². The lowest BCUT2D eigenvalue weighted by atomic mass is 10.0. The minimum Gasteiger partial charge on any atom is -0.266 e. The number of benzene rings is 2. The van der Waals surface area contributed by atoms with Gasteiger partial charge in [0.05, 0.1) is 6.61 Å². The first-order valence-corrected chi connectivity index (χ1v) is 15.9. The quantitative estimate of drug-likeness (QED) is 0.119. The zero-order valence-corrected chi connectivity index (χ0v) is 23.1. The van der Waals surface area contributed by atoms with E-state index >= 15 is 0 Å². The van der Waals surface area contributed by atoms with Crippen LogP contribution < -0.4 is 0 Å². The van der Waals surface area contributed by atoms with E-state index in [-0.39, 0.29) is 11.5 Å². The molecule has 2 rings (SSSR count). The van der Waals surface area contributed by atoms with E-state index in [0.717, 1.165) is 30.0 Å². The van der Waals surface area contributed by atoms with Crippen LogP contribution in [0.25, 0.3) is 10.8 Å². The summed E-state index contributed by atoms with van der Waals surface area (Å²) in [6.07, 6.45) is 25.2. The Kier molecular flexibility index (Phi) is 16.0. The smallest absolute Gasteiger partial charge is 0.266 e. The summed E-state index contributed by atoms with van der Waals surface area (Å²) >= 11 is 0. The molecule has 2 aromatic rings. The molecule has 3 nitrogen and oxygen atoms in total. The van der Waals surface area contributed by atoms with Crippen molar-refractivity contribution < 1.29 is 12.6 Å². The monoisotopic (exact) mass is 502 g/mol. The molecule has 4 heteroatoms. The van der Waals surface area contributed by atoms with Crippen molar-refractivity contribution in [3.63, 3.8) is 0 Å². The van der Waals surface area contributed by atoms with E-state index in [0.29, 0.717) is 0 Å². The fraction of sp³-hybridized carbons (Fsp3) is 0.677. The van der Waals surface area contributed by atoms with Gasteiger partial charge in [0.1, 0.15) is 4.90 Å². The summed E-state index contributed by atoms with van der Waals surface area (Å²) in [5.41, 5.74) is 0. The SMILES string of the molecule is CCCCCCCCCCCCCCCCCCCCCOS(=O)(=O)c1cccc2ccccc12. The minimum absolute atomic E-state index is 0.268. The third-order valence-corrected chi connectivity index (χ3v) is 8.38. The molecule has 0 atom stereocenters. The molecule has 0 spiro atoms. The van der Waals surface area contributed by atoms with Gasteiger partial charge in [0, 0.05) is 5.39 Å². The molecule has 2 aromatic carbocycles. The maximum absolute atomic E-state index is 12.6. The minimum atomic E-state index is -3.71. The molecule has 35 heavy (non-hydrogen) atoms. The Morgan fingerprint density at radius 1 is 0.543 bits per heavy atom. The lowest BCUT2D eigenvalue weighted by molar-refractivity contribution is 0.306. The van der Waals surface area contributed by atoms with E-state index in [1.807, 2.05) is 30.3 Å². The average Bonchev–Trinajstić information content (AvgIpc) is 2.87. The summed E-state index contributed by atoms with van der Waals surface area (Å²) in [4.78, 5) is 0.272. The van der Waals surface area contributed by atoms with E-state index < -0.39 is 10.1 Å². The van der Waals surface area contributed by atoms with Gasteiger partial charge in [0.25, 0.3) is 10.1 Å². The van der Waals surface area contributed by atoms with E-state index in [2.05, 4.69) is 6.92 Å². The van der Waals surface area contributed by atoms with Crippen LogP contribution in [0.4, 0.5) is 0 Å². The molecular formula is C31H50O3S. The highest BCUT2D eigenvalue weighted by Gasteiger charge is 2.17. The summed E-state index contributed by atoms with van der Waals surface area (Å²) in [7, 11) is -3.71. The van der Waals surface area contributed by atoms with E-state index in [1.165, 1.54) is 103 Å². The third-order valence-electron chi connectivity index (χ3n) is 7.01. The zero-order valence-electron chi connectivity index (χ0n) is 22.3. The second kappa shape index (κ2) is 18.8. The second-order valence-corrected chi connectivity index (χ2v) is 11.7. The average molecular weight is 503 g/mol. The van der Waals surface area contributed by atoms with Gasteiger partial charge in [-0.05, 0) is 17.9 Å². The Balaban J connectivity index is 1.38. The zero-order chi connectivity index (χ0) is 25.0. The van der Waals surface area contributed by atoms with Crippen molar-refractivity contribution in [3.05, 3.63) is 42.5 Å². The van der Waals surface area contributed by atoms with Crippen LogP contribution in [0.1, 0.15) is 129 Å². The van der Waals surface area contributed by atoms with E-state index in [4.69, 9.17) is 4.18 Å². The molecule has 0 saturated carbocycles. The normalized spacial score (nSPS) is 11.9. The Morgan fingerprint density at radius 2 is 0.971 bits per heavy atom. The van der Waals surface area contributed by atoms with Gasteiger partial charge in [-0.1, -0.05) is 159 Å². The molecule has 198 valence electrons. The standard InChI is InChI=1S/C31H50O3S/c1-2-3-4-5-6-7-8-9-10-11-12-13-14-15-16-17-18-19-22-28-34-35(32,33)31-27-23-25-29-24-20-21-26-30(29)31/h20-21,23-27H,2-19,22,28H2,1H3. The highest BCUT2D eigenvalue weighted by atomic mass is 32.2. The van der Waals surface area contributed by atoms with Crippen LogP contribution >= 0.6 is 0 Å². The fourth-order valence-corrected chi connectivity index (χ4v) is 5.99. The summed E-state index contributed by atoms with van der Waals surface area (Å²) in [5, 5.41) is 1.64. The first kappa shape index (κ1) is 29.8. The van der Waals surface area contributed by atoms with Gasteiger partial charge in [0.2, 0.25) is 0 Å². The number of hydrogen-bond acceptors (Lipinski definition) is 3. The van der Waals surface area contributed by atoms with Crippen LogP contribution in [0, 0.1) is 0 Å². The Hall–Kier alpha value is -1.39. The van der Waals surface area contributed by atoms with Crippen LogP contribution in [-0.4, -0.2) is 15.0 Å². The molecule has 0 unspecified atom stereocenters. The largest absolute Gasteiger partial charge is 0.297 e. The van der Waals surface area contributed by atoms with Gasteiger partial charge >= 0.3 is 0 Å². The number of rotatable bonds is 22. The van der Waals surface area contributed by atoms with Crippen LogP contribution in [0.2, 0.25) is 0 Å². The summed E-state index contributed by atoms with van der Waals surface area (Å²) < 4.78 is 30.6. The molecule has 0 fully saturated rings. The first-order valence-electron chi connectivity index (χ1n) is 14.5. The van der Waals surface area contributed by atoms with E-state index in [9.17, 15) is 8.42 Å². The highest BCUT2D eigenvalue weighted by molar-refractivity contribution is 7.87. The summed E-state index contributed by atoms with van der Waals surface area (Å²) in [6, 6.07) is 12.9. The number of unbranched alkanes of at least 4 members (excludes halogenated alkanes) is 18. The van der Waals surface area contributed by atoms with Crippen molar-refractivity contribution in [3.8, 4) is 0 Å². The Bertz CT molecular complexity index is 886. The van der Waals surface area contributed by atoms with Crippen molar-refractivity contribution in [2.24, 2.45) is 0 Å². The predicted molar refractivity (Wildman–Crippen MR) is 150 cm³/mol. The van der Waals surface area contributed by atoms with Gasteiger partial charge in [-0.2, -0.15) is 8.42 Å². The molecule has 0 heterocycles. The molecule has 0 saturated heterocycles. The van der Waals surface area contributed by atoms with Crippen LogP contribution in [0.5, 0.6) is 0 Å². The molecule has 0 aliphatic rings. The molecule has 0 aliphatic carbocycles. The van der Waals surface area contributed by atoms with Crippen molar-refractivity contribution in [2.75, 3.05) is 6.61 Å². The van der Waals surface area contributed by atoms with Gasteiger partial charge < -0.3 is 0 Å². The Labute approximate surface area is 216 Å². The van der Waals surface area contributed by atoms with Gasteiger partial charge in [-0.3, -0.25) is 4.18 Å². The second-order valence-electron chi connectivity index (χ2n) is 10.1. The van der Waals surface area contributed by atoms with Crippen LogP contribution in [0.3, 0.4) is 0 Å². The van der Waals surface area contributed by atoms with Crippen molar-refractivity contribution >= 4 is 20.9 Å². The molecule has 0 radical (unpaired) electrons. The lowest BCUT2D eigenvalue weighted by Gasteiger charge is -2.08. The molecular weight excluding hydrogens is 452 g/mol. The molecule has 0 amide bonds. The topological polar surface area (TPSA) is 43.4 Å². The van der Waals surface area contributed by atoms with Crippen molar-refractivity contribution in [2.45, 2.75) is 134 Å². The van der Waals surface area contributed by atoms with Crippen LogP contribution in [-0.2, 0) is 14.3 Å². The molecule has 0 aliphatic heterocycles. The first-order chi connectivity index (χ1) is 17.1. The lowest BCUT2D eigenvalue weighted by Crippen LogP contribution is -2.08. The highest BCUT2D eigenvalue weighted by Crippen LogP contribution is 2.24. The fourth-order valence-electron chi connectivity index (χ4n) is 4.83. The predicted octanol–water partition coefficient (Wildman–Crippen LogP) is 9.98. The van der Waals surface area contributed by atoms with Crippen molar-refractivity contribution in [1.82, 2.24) is 0 Å². The van der Waals surface area contributed by atoms with E-state index in [1.54, 1.807) is 12.1 Å². The summed E-state index contributed by atoms with van der Waals surface area (Å²) in [6.45, 7) is 2.55. The van der Waals surface area contributed by atoms with Gasteiger partial charge in [-0.25, -0.2) is 0 Å². The maximum Gasteiger partial charge on any atom is 0.297 e. The number of fused-ring (bicyclic) bond motifs is 1. The molecule has 0 N–H and O–H groups in total. The summed E-state index contributed by atoms with van der Waals surface area (Å²) in [5.74, 6) is 0. The van der Waals surface area contributed by atoms with Crippen molar-refractivity contribution in [1.29, 1.82) is 0 Å². The molecule has 0 bridgehead atoms. The maximum atomic E-state index is 12.6. The third kappa shape index (κ3) is 12.9. The van der Waals surface area contributed by atoms with Gasteiger partial charge in [0.15, 0.2) is 0 Å². The molecule has 0 aromatic heterocycles.